The minimum Gasteiger partial charge on any atom is -0.394 e. The Balaban J connectivity index is 1.99. The van der Waals surface area contributed by atoms with E-state index >= 15 is 0 Å². The monoisotopic (exact) mass is 223 g/mol. The highest BCUT2D eigenvalue weighted by molar-refractivity contribution is 4.81. The van der Waals surface area contributed by atoms with Crippen LogP contribution in [0.1, 0.15) is 25.7 Å². The molecule has 90 valence electrons. The Kier molecular flexibility index (Phi) is 5.42. The van der Waals surface area contributed by atoms with Gasteiger partial charge in [-0.1, -0.05) is 0 Å². The summed E-state index contributed by atoms with van der Waals surface area (Å²) in [5, 5.41) is 11.6. The van der Waals surface area contributed by atoms with Gasteiger partial charge >= 0.3 is 0 Å². The summed E-state index contributed by atoms with van der Waals surface area (Å²) in [6.07, 6.45) is 1.05. The van der Waals surface area contributed by atoms with Gasteiger partial charge < -0.3 is 15.2 Å². The van der Waals surface area contributed by atoms with Crippen LogP contribution in [0, 0.1) is 0 Å². The minimum absolute atomic E-state index is 0.0117. The van der Waals surface area contributed by atoms with E-state index in [2.05, 4.69) is 5.32 Å². The van der Waals surface area contributed by atoms with E-state index in [-0.39, 0.29) is 25.5 Å². The van der Waals surface area contributed by atoms with Gasteiger partial charge in [0.15, 0.2) is 0 Å². The zero-order valence-electron chi connectivity index (χ0n) is 8.85. The molecule has 2 N–H and O–H groups in total. The van der Waals surface area contributed by atoms with Gasteiger partial charge in [0.2, 0.25) is 5.92 Å². The van der Waals surface area contributed by atoms with Gasteiger partial charge in [0.05, 0.1) is 19.8 Å². The molecule has 1 aliphatic carbocycles. The Bertz CT molecular complexity index is 169. The van der Waals surface area contributed by atoms with E-state index in [1.807, 2.05) is 0 Å². The van der Waals surface area contributed by atoms with Crippen molar-refractivity contribution in [2.24, 2.45) is 0 Å². The summed E-state index contributed by atoms with van der Waals surface area (Å²) in [6.45, 7) is 1.55. The third-order valence-corrected chi connectivity index (χ3v) is 2.63. The van der Waals surface area contributed by atoms with Gasteiger partial charge in [-0.25, -0.2) is 8.78 Å². The number of aliphatic hydroxyl groups excluding tert-OH is 1. The molecule has 1 saturated carbocycles. The molecule has 0 saturated heterocycles. The Morgan fingerprint density at radius 2 is 1.93 bits per heavy atom. The first-order valence-electron chi connectivity index (χ1n) is 5.44. The van der Waals surface area contributed by atoms with Crippen molar-refractivity contribution in [3.8, 4) is 0 Å². The first-order chi connectivity index (χ1) is 7.14. The van der Waals surface area contributed by atoms with Crippen LogP contribution in [-0.4, -0.2) is 43.4 Å². The molecule has 0 amide bonds. The quantitative estimate of drug-likeness (QED) is 0.664. The van der Waals surface area contributed by atoms with Gasteiger partial charge in [-0.15, -0.1) is 0 Å². The predicted octanol–water partition coefficient (Wildman–Crippen LogP) is 1.16. The molecule has 0 bridgehead atoms. The second-order valence-electron chi connectivity index (χ2n) is 3.92. The third-order valence-electron chi connectivity index (χ3n) is 2.63. The van der Waals surface area contributed by atoms with Crippen molar-refractivity contribution in [1.82, 2.24) is 5.32 Å². The predicted molar refractivity (Wildman–Crippen MR) is 53.1 cm³/mol. The number of hydrogen-bond acceptors (Lipinski definition) is 3. The number of halogens is 2. The van der Waals surface area contributed by atoms with Crippen molar-refractivity contribution < 1.29 is 18.6 Å². The molecule has 5 heteroatoms. The van der Waals surface area contributed by atoms with Crippen LogP contribution in [0.5, 0.6) is 0 Å². The van der Waals surface area contributed by atoms with Crippen LogP contribution in [-0.2, 0) is 4.74 Å². The van der Waals surface area contributed by atoms with Gasteiger partial charge in [0.25, 0.3) is 0 Å². The lowest BCUT2D eigenvalue weighted by molar-refractivity contribution is -0.0408. The Hall–Kier alpha value is -0.260. The minimum atomic E-state index is -2.45. The fourth-order valence-corrected chi connectivity index (χ4v) is 1.75. The van der Waals surface area contributed by atoms with Crippen LogP contribution in [0.4, 0.5) is 8.78 Å². The second-order valence-corrected chi connectivity index (χ2v) is 3.92. The summed E-state index contributed by atoms with van der Waals surface area (Å²) >= 11 is 0. The molecule has 0 atom stereocenters. The molecule has 0 radical (unpaired) electrons. The highest BCUT2D eigenvalue weighted by Gasteiger charge is 2.34. The fourth-order valence-electron chi connectivity index (χ4n) is 1.75. The van der Waals surface area contributed by atoms with Crippen LogP contribution in [0.2, 0.25) is 0 Å². The van der Waals surface area contributed by atoms with Crippen molar-refractivity contribution >= 4 is 0 Å². The Morgan fingerprint density at radius 1 is 1.27 bits per heavy atom. The van der Waals surface area contributed by atoms with Crippen molar-refractivity contribution in [2.45, 2.75) is 37.6 Å². The van der Waals surface area contributed by atoms with E-state index in [0.717, 1.165) is 0 Å². The van der Waals surface area contributed by atoms with E-state index in [4.69, 9.17) is 9.84 Å². The maximum absolute atomic E-state index is 12.8. The Labute approximate surface area is 88.8 Å². The molecule has 0 spiro atoms. The zero-order valence-corrected chi connectivity index (χ0v) is 8.85. The first-order valence-corrected chi connectivity index (χ1v) is 5.44. The molecule has 15 heavy (non-hydrogen) atoms. The highest BCUT2D eigenvalue weighted by Crippen LogP contribution is 2.32. The molecule has 1 rings (SSSR count). The lowest BCUT2D eigenvalue weighted by Gasteiger charge is -2.28. The number of hydrogen-bond donors (Lipinski definition) is 2. The molecule has 1 fully saturated rings. The first kappa shape index (κ1) is 12.8. The summed E-state index contributed by atoms with van der Waals surface area (Å²) in [5.74, 6) is -2.45. The fraction of sp³-hybridized carbons (Fsp3) is 1.00. The molecule has 0 aromatic rings. The molecule has 3 nitrogen and oxygen atoms in total. The zero-order chi connectivity index (χ0) is 11.1. The molecule has 0 aromatic carbocycles. The average Bonchev–Trinajstić information content (AvgIpc) is 2.20. The lowest BCUT2D eigenvalue weighted by atomic mass is 9.92. The number of rotatable bonds is 6. The maximum Gasteiger partial charge on any atom is 0.248 e. The average molecular weight is 223 g/mol. The SMILES string of the molecule is OCCOCCNC1CCC(F)(F)CC1. The summed E-state index contributed by atoms with van der Waals surface area (Å²) in [6, 6.07) is 0.197. The lowest BCUT2D eigenvalue weighted by Crippen LogP contribution is -2.38. The van der Waals surface area contributed by atoms with Crippen LogP contribution in [0.15, 0.2) is 0 Å². The van der Waals surface area contributed by atoms with Gasteiger partial charge in [-0.3, -0.25) is 0 Å². The van der Waals surface area contributed by atoms with Crippen molar-refractivity contribution in [3.05, 3.63) is 0 Å². The normalized spacial score (nSPS) is 21.8. The summed E-state index contributed by atoms with van der Waals surface area (Å²) in [7, 11) is 0. The standard InChI is InChI=1S/C10H19F2NO2/c11-10(12)3-1-9(2-4-10)13-5-7-15-8-6-14/h9,13-14H,1-8H2. The highest BCUT2D eigenvalue weighted by atomic mass is 19.3. The second kappa shape index (κ2) is 6.35. The van der Waals surface area contributed by atoms with E-state index in [0.29, 0.717) is 32.6 Å². The molecule has 0 unspecified atom stereocenters. The van der Waals surface area contributed by atoms with Gasteiger partial charge in [0, 0.05) is 25.4 Å². The van der Waals surface area contributed by atoms with E-state index < -0.39 is 5.92 Å². The number of alkyl halides is 2. The molecule has 0 heterocycles. The Morgan fingerprint density at radius 3 is 2.53 bits per heavy atom. The molecule has 1 aliphatic rings. The molecular weight excluding hydrogens is 204 g/mol. The third kappa shape index (κ3) is 5.39. The van der Waals surface area contributed by atoms with E-state index in [1.165, 1.54) is 0 Å². The van der Waals surface area contributed by atoms with Crippen molar-refractivity contribution in [2.75, 3.05) is 26.4 Å². The summed E-state index contributed by atoms with van der Waals surface area (Å²) in [4.78, 5) is 0. The number of nitrogens with one attached hydrogen (secondary N) is 1. The maximum atomic E-state index is 12.8. The van der Waals surface area contributed by atoms with Gasteiger partial charge in [-0.05, 0) is 12.8 Å². The number of ether oxygens (including phenoxy) is 1. The van der Waals surface area contributed by atoms with Gasteiger partial charge in [0.1, 0.15) is 0 Å². The topological polar surface area (TPSA) is 41.5 Å². The number of aliphatic hydroxyl groups is 1. The van der Waals surface area contributed by atoms with Crippen LogP contribution >= 0.6 is 0 Å². The van der Waals surface area contributed by atoms with E-state index in [9.17, 15) is 8.78 Å². The van der Waals surface area contributed by atoms with E-state index in [1.54, 1.807) is 0 Å². The van der Waals surface area contributed by atoms with Crippen molar-refractivity contribution in [1.29, 1.82) is 0 Å². The molecular formula is C10H19F2NO2. The molecule has 0 aromatic heterocycles. The molecule has 0 aliphatic heterocycles. The van der Waals surface area contributed by atoms with Crippen LogP contribution < -0.4 is 5.32 Å². The van der Waals surface area contributed by atoms with Crippen LogP contribution in [0.3, 0.4) is 0 Å². The smallest absolute Gasteiger partial charge is 0.248 e. The van der Waals surface area contributed by atoms with Crippen molar-refractivity contribution in [3.63, 3.8) is 0 Å². The van der Waals surface area contributed by atoms with Crippen LogP contribution in [0.25, 0.3) is 0 Å². The summed E-state index contributed by atoms with van der Waals surface area (Å²) < 4.78 is 30.6. The van der Waals surface area contributed by atoms with Gasteiger partial charge in [-0.2, -0.15) is 0 Å². The summed E-state index contributed by atoms with van der Waals surface area (Å²) in [5.41, 5.74) is 0. The largest absolute Gasteiger partial charge is 0.394 e.